The van der Waals surface area contributed by atoms with Crippen molar-refractivity contribution >= 4 is 17.6 Å². The van der Waals surface area contributed by atoms with Crippen LogP contribution in [0.2, 0.25) is 5.02 Å². The molecular formula is C14H15ClN2O3. The summed E-state index contributed by atoms with van der Waals surface area (Å²) in [6, 6.07) is 6.92. The van der Waals surface area contributed by atoms with Crippen LogP contribution in [-0.4, -0.2) is 43.8 Å². The van der Waals surface area contributed by atoms with Crippen LogP contribution < -0.4 is 0 Å². The van der Waals surface area contributed by atoms with Gasteiger partial charge in [0, 0.05) is 18.1 Å². The molecule has 0 amide bonds. The van der Waals surface area contributed by atoms with Crippen LogP contribution in [0.5, 0.6) is 0 Å². The average molecular weight is 295 g/mol. The van der Waals surface area contributed by atoms with Gasteiger partial charge >= 0.3 is 5.97 Å². The Kier molecular flexibility index (Phi) is 4.96. The molecule has 0 N–H and O–H groups in total. The lowest BCUT2D eigenvalue weighted by Gasteiger charge is -2.31. The fourth-order valence-corrected chi connectivity index (χ4v) is 2.28. The highest BCUT2D eigenvalue weighted by Crippen LogP contribution is 2.21. The monoisotopic (exact) mass is 294 g/mol. The van der Waals surface area contributed by atoms with Gasteiger partial charge in [0.25, 0.3) is 0 Å². The van der Waals surface area contributed by atoms with Crippen molar-refractivity contribution in [2.75, 3.05) is 26.9 Å². The van der Waals surface area contributed by atoms with E-state index in [-0.39, 0.29) is 6.04 Å². The third-order valence-electron chi connectivity index (χ3n) is 3.23. The first-order chi connectivity index (χ1) is 9.65. The van der Waals surface area contributed by atoms with Crippen molar-refractivity contribution in [1.29, 1.82) is 5.26 Å². The molecule has 1 aliphatic rings. The lowest BCUT2D eigenvalue weighted by Crippen LogP contribution is -2.44. The molecular weight excluding hydrogens is 280 g/mol. The molecule has 20 heavy (non-hydrogen) atoms. The molecule has 1 atom stereocenters. The molecule has 0 aliphatic carbocycles. The summed E-state index contributed by atoms with van der Waals surface area (Å²) in [5.41, 5.74) is 1.25. The molecule has 1 unspecified atom stereocenters. The first kappa shape index (κ1) is 14.8. The van der Waals surface area contributed by atoms with Crippen LogP contribution in [0.25, 0.3) is 0 Å². The molecule has 1 saturated heterocycles. The SMILES string of the molecule is COC(=O)c1ccc(Cl)c(CN2CCOCC2C#N)c1. The first-order valence-electron chi connectivity index (χ1n) is 6.24. The summed E-state index contributed by atoms with van der Waals surface area (Å²) < 4.78 is 9.97. The second kappa shape index (κ2) is 6.71. The fraction of sp³-hybridized carbons (Fsp3) is 0.429. The number of morpholine rings is 1. The summed E-state index contributed by atoms with van der Waals surface area (Å²) in [6.07, 6.45) is 0. The topological polar surface area (TPSA) is 62.6 Å². The minimum absolute atomic E-state index is 0.290. The number of hydrogen-bond acceptors (Lipinski definition) is 5. The normalized spacial score (nSPS) is 19.4. The molecule has 2 rings (SSSR count). The predicted molar refractivity (Wildman–Crippen MR) is 73.4 cm³/mol. The number of esters is 1. The van der Waals surface area contributed by atoms with E-state index in [1.165, 1.54) is 7.11 Å². The van der Waals surface area contributed by atoms with E-state index in [0.29, 0.717) is 36.9 Å². The number of carbonyl (C=O) groups excluding carboxylic acids is 1. The van der Waals surface area contributed by atoms with Gasteiger partial charge in [-0.1, -0.05) is 11.6 Å². The highest BCUT2D eigenvalue weighted by atomic mass is 35.5. The predicted octanol–water partition coefficient (Wildman–Crippen LogP) is 1.85. The Morgan fingerprint density at radius 1 is 1.65 bits per heavy atom. The van der Waals surface area contributed by atoms with Crippen LogP contribution in [0.15, 0.2) is 18.2 Å². The van der Waals surface area contributed by atoms with Gasteiger partial charge in [0.05, 0.1) is 32.0 Å². The summed E-state index contributed by atoms with van der Waals surface area (Å²) in [4.78, 5) is 13.5. The van der Waals surface area contributed by atoms with Gasteiger partial charge in [0.15, 0.2) is 0 Å². The van der Waals surface area contributed by atoms with Gasteiger partial charge < -0.3 is 9.47 Å². The maximum absolute atomic E-state index is 11.5. The van der Waals surface area contributed by atoms with Crippen molar-refractivity contribution in [3.63, 3.8) is 0 Å². The standard InChI is InChI=1S/C14H15ClN2O3/c1-19-14(18)10-2-3-13(15)11(6-10)8-17-4-5-20-9-12(17)7-16/h2-3,6,12H,4-5,8-9H2,1H3. The van der Waals surface area contributed by atoms with Crippen molar-refractivity contribution in [1.82, 2.24) is 4.90 Å². The summed E-state index contributed by atoms with van der Waals surface area (Å²) in [6.45, 7) is 2.15. The van der Waals surface area contributed by atoms with Crippen LogP contribution in [0.1, 0.15) is 15.9 Å². The number of benzene rings is 1. The van der Waals surface area contributed by atoms with Crippen LogP contribution >= 0.6 is 11.6 Å². The van der Waals surface area contributed by atoms with Gasteiger partial charge in [-0.15, -0.1) is 0 Å². The summed E-state index contributed by atoms with van der Waals surface area (Å²) in [7, 11) is 1.34. The Balaban J connectivity index is 2.19. The molecule has 1 aliphatic heterocycles. The zero-order valence-electron chi connectivity index (χ0n) is 11.1. The van der Waals surface area contributed by atoms with E-state index in [4.69, 9.17) is 26.3 Å². The van der Waals surface area contributed by atoms with E-state index in [9.17, 15) is 4.79 Å². The van der Waals surface area contributed by atoms with Gasteiger partial charge in [0.1, 0.15) is 6.04 Å². The smallest absolute Gasteiger partial charge is 0.337 e. The van der Waals surface area contributed by atoms with Crippen molar-refractivity contribution in [2.24, 2.45) is 0 Å². The third-order valence-corrected chi connectivity index (χ3v) is 3.60. The average Bonchev–Trinajstić information content (AvgIpc) is 2.49. The first-order valence-corrected chi connectivity index (χ1v) is 6.61. The van der Waals surface area contributed by atoms with Crippen molar-refractivity contribution < 1.29 is 14.3 Å². The highest BCUT2D eigenvalue weighted by molar-refractivity contribution is 6.31. The number of nitrogens with zero attached hydrogens (tertiary/aromatic N) is 2. The van der Waals surface area contributed by atoms with Crippen LogP contribution in [-0.2, 0) is 16.0 Å². The molecule has 0 bridgehead atoms. The second-order valence-corrected chi connectivity index (χ2v) is 4.90. The Labute approximate surface area is 122 Å². The molecule has 106 valence electrons. The Morgan fingerprint density at radius 3 is 3.15 bits per heavy atom. The van der Waals surface area contributed by atoms with Gasteiger partial charge in [0.2, 0.25) is 0 Å². The van der Waals surface area contributed by atoms with E-state index in [2.05, 4.69) is 6.07 Å². The summed E-state index contributed by atoms with van der Waals surface area (Å²) in [5.74, 6) is -0.401. The van der Waals surface area contributed by atoms with Crippen molar-refractivity contribution in [3.8, 4) is 6.07 Å². The van der Waals surface area contributed by atoms with Gasteiger partial charge in [-0.25, -0.2) is 4.79 Å². The van der Waals surface area contributed by atoms with E-state index in [1.54, 1.807) is 18.2 Å². The lowest BCUT2D eigenvalue weighted by atomic mass is 10.1. The Hall–Kier alpha value is -1.61. The van der Waals surface area contributed by atoms with E-state index in [1.807, 2.05) is 4.90 Å². The third kappa shape index (κ3) is 3.28. The number of hydrogen-bond donors (Lipinski definition) is 0. The molecule has 1 fully saturated rings. The molecule has 5 nitrogen and oxygen atoms in total. The van der Waals surface area contributed by atoms with Crippen LogP contribution in [0.4, 0.5) is 0 Å². The zero-order valence-corrected chi connectivity index (χ0v) is 11.9. The lowest BCUT2D eigenvalue weighted by molar-refractivity contribution is 0.00888. The number of halogens is 1. The minimum atomic E-state index is -0.401. The number of nitriles is 1. The number of methoxy groups -OCH3 is 1. The van der Waals surface area contributed by atoms with Gasteiger partial charge in [-0.3, -0.25) is 4.90 Å². The fourth-order valence-electron chi connectivity index (χ4n) is 2.11. The number of rotatable bonds is 3. The molecule has 1 aromatic rings. The number of ether oxygens (including phenoxy) is 2. The molecule has 6 heteroatoms. The van der Waals surface area contributed by atoms with E-state index >= 15 is 0 Å². The Bertz CT molecular complexity index is 542. The van der Waals surface area contributed by atoms with Gasteiger partial charge in [-0.2, -0.15) is 5.26 Å². The molecule has 1 heterocycles. The quantitative estimate of drug-likeness (QED) is 0.796. The summed E-state index contributed by atoms with van der Waals surface area (Å²) in [5, 5.41) is 9.68. The maximum Gasteiger partial charge on any atom is 0.337 e. The second-order valence-electron chi connectivity index (χ2n) is 4.49. The molecule has 0 saturated carbocycles. The van der Waals surface area contributed by atoms with E-state index < -0.39 is 5.97 Å². The molecule has 1 aromatic carbocycles. The summed E-state index contributed by atoms with van der Waals surface area (Å²) >= 11 is 6.16. The Morgan fingerprint density at radius 2 is 2.45 bits per heavy atom. The molecule has 0 spiro atoms. The zero-order chi connectivity index (χ0) is 14.5. The van der Waals surface area contributed by atoms with Gasteiger partial charge in [-0.05, 0) is 23.8 Å². The van der Waals surface area contributed by atoms with Crippen LogP contribution in [0, 0.1) is 11.3 Å². The minimum Gasteiger partial charge on any atom is -0.465 e. The molecule has 0 aromatic heterocycles. The van der Waals surface area contributed by atoms with Crippen LogP contribution in [0.3, 0.4) is 0 Å². The molecule has 0 radical (unpaired) electrons. The highest BCUT2D eigenvalue weighted by Gasteiger charge is 2.23. The van der Waals surface area contributed by atoms with Crippen molar-refractivity contribution in [2.45, 2.75) is 12.6 Å². The maximum atomic E-state index is 11.5. The number of carbonyl (C=O) groups is 1. The largest absolute Gasteiger partial charge is 0.465 e. The van der Waals surface area contributed by atoms with Crippen molar-refractivity contribution in [3.05, 3.63) is 34.3 Å². The van der Waals surface area contributed by atoms with E-state index in [0.717, 1.165) is 5.56 Å².